The molecule has 5 nitrogen and oxygen atoms in total. The molecular weight excluding hydrogens is 262 g/mol. The summed E-state index contributed by atoms with van der Waals surface area (Å²) in [5.41, 5.74) is 4.45. The molecule has 5 heteroatoms. The Morgan fingerprint density at radius 1 is 1.24 bits per heavy atom. The van der Waals surface area contributed by atoms with Crippen LogP contribution in [0.1, 0.15) is 36.2 Å². The molecule has 0 atom stereocenters. The predicted molar refractivity (Wildman–Crippen MR) is 83.1 cm³/mol. The van der Waals surface area contributed by atoms with Gasteiger partial charge in [-0.15, -0.1) is 0 Å². The van der Waals surface area contributed by atoms with E-state index < -0.39 is 0 Å². The van der Waals surface area contributed by atoms with Crippen molar-refractivity contribution in [3.63, 3.8) is 0 Å². The minimum Gasteiger partial charge on any atom is -0.314 e. The number of nitrogens with one attached hydrogen (secondary N) is 1. The summed E-state index contributed by atoms with van der Waals surface area (Å²) in [7, 11) is 1.91. The largest absolute Gasteiger partial charge is 0.314 e. The van der Waals surface area contributed by atoms with Crippen molar-refractivity contribution in [1.29, 1.82) is 0 Å². The summed E-state index contributed by atoms with van der Waals surface area (Å²) in [6, 6.07) is 0.788. The van der Waals surface area contributed by atoms with E-state index in [-0.39, 0.29) is 0 Å². The fourth-order valence-electron chi connectivity index (χ4n) is 2.63. The van der Waals surface area contributed by atoms with E-state index in [2.05, 4.69) is 34.2 Å². The second-order valence-corrected chi connectivity index (χ2v) is 5.93. The highest BCUT2D eigenvalue weighted by Crippen LogP contribution is 2.20. The number of aryl methyl sites for hydroxylation is 3. The van der Waals surface area contributed by atoms with Crippen LogP contribution in [0.4, 0.5) is 0 Å². The summed E-state index contributed by atoms with van der Waals surface area (Å²) in [5, 5.41) is 7.74. The van der Waals surface area contributed by atoms with Crippen LogP contribution in [0.2, 0.25) is 0 Å². The monoisotopic (exact) mass is 285 g/mol. The van der Waals surface area contributed by atoms with E-state index in [4.69, 9.17) is 0 Å². The van der Waals surface area contributed by atoms with Crippen LogP contribution in [0.25, 0.3) is 11.4 Å². The van der Waals surface area contributed by atoms with Crippen LogP contribution in [-0.4, -0.2) is 32.3 Å². The van der Waals surface area contributed by atoms with Gasteiger partial charge in [0.05, 0.1) is 11.8 Å². The Bertz CT molecular complexity index is 604. The first-order valence-corrected chi connectivity index (χ1v) is 7.70. The average Bonchev–Trinajstić information content (AvgIpc) is 3.16. The van der Waals surface area contributed by atoms with Crippen molar-refractivity contribution in [2.24, 2.45) is 7.05 Å². The number of aromatic nitrogens is 4. The molecule has 0 bridgehead atoms. The van der Waals surface area contributed by atoms with Gasteiger partial charge in [0.15, 0.2) is 5.82 Å². The lowest BCUT2D eigenvalue weighted by Crippen LogP contribution is -2.18. The van der Waals surface area contributed by atoms with Crippen molar-refractivity contribution in [2.45, 2.75) is 45.6 Å². The third kappa shape index (κ3) is 3.47. The van der Waals surface area contributed by atoms with Crippen LogP contribution in [0.15, 0.2) is 12.4 Å². The van der Waals surface area contributed by atoms with E-state index in [9.17, 15) is 0 Å². The van der Waals surface area contributed by atoms with Gasteiger partial charge < -0.3 is 5.32 Å². The molecule has 0 radical (unpaired) electrons. The van der Waals surface area contributed by atoms with E-state index in [0.717, 1.165) is 48.2 Å². The summed E-state index contributed by atoms with van der Waals surface area (Å²) in [4.78, 5) is 9.32. The van der Waals surface area contributed by atoms with Crippen molar-refractivity contribution < 1.29 is 0 Å². The molecule has 0 spiro atoms. The van der Waals surface area contributed by atoms with Gasteiger partial charge in [-0.3, -0.25) is 4.68 Å². The van der Waals surface area contributed by atoms with Gasteiger partial charge in [-0.2, -0.15) is 5.10 Å². The smallest absolute Gasteiger partial charge is 0.162 e. The van der Waals surface area contributed by atoms with Crippen LogP contribution in [0.5, 0.6) is 0 Å². The molecule has 1 aliphatic carbocycles. The molecule has 2 aromatic heterocycles. The van der Waals surface area contributed by atoms with E-state index in [1.807, 2.05) is 19.4 Å². The predicted octanol–water partition coefficient (Wildman–Crippen LogP) is 2.18. The summed E-state index contributed by atoms with van der Waals surface area (Å²) in [6.45, 7) is 5.25. The molecule has 0 aliphatic heterocycles. The molecule has 1 saturated carbocycles. The Morgan fingerprint density at radius 2 is 1.95 bits per heavy atom. The van der Waals surface area contributed by atoms with Gasteiger partial charge in [0.25, 0.3) is 0 Å². The normalized spacial score (nSPS) is 14.6. The van der Waals surface area contributed by atoms with Crippen LogP contribution in [0, 0.1) is 13.8 Å². The zero-order valence-corrected chi connectivity index (χ0v) is 13.1. The summed E-state index contributed by atoms with van der Waals surface area (Å²) >= 11 is 0. The first kappa shape index (κ1) is 14.2. The fourth-order valence-corrected chi connectivity index (χ4v) is 2.63. The Morgan fingerprint density at radius 3 is 2.52 bits per heavy atom. The Kier molecular flexibility index (Phi) is 4.01. The summed E-state index contributed by atoms with van der Waals surface area (Å²) < 4.78 is 1.78. The van der Waals surface area contributed by atoms with Gasteiger partial charge in [0.2, 0.25) is 0 Å². The second kappa shape index (κ2) is 5.93. The van der Waals surface area contributed by atoms with Gasteiger partial charge >= 0.3 is 0 Å². The highest BCUT2D eigenvalue weighted by molar-refractivity contribution is 5.53. The lowest BCUT2D eigenvalue weighted by atomic mass is 10.1. The molecular formula is C16H23N5. The molecule has 0 saturated heterocycles. The maximum absolute atomic E-state index is 4.66. The molecule has 0 unspecified atom stereocenters. The summed E-state index contributed by atoms with van der Waals surface area (Å²) in [5.74, 6) is 0.776. The highest BCUT2D eigenvalue weighted by Gasteiger charge is 2.19. The third-order valence-corrected chi connectivity index (χ3v) is 4.00. The molecule has 2 aromatic rings. The van der Waals surface area contributed by atoms with Gasteiger partial charge in [-0.1, -0.05) is 0 Å². The molecule has 21 heavy (non-hydrogen) atoms. The lowest BCUT2D eigenvalue weighted by Gasteiger charge is -2.10. The van der Waals surface area contributed by atoms with Crippen molar-refractivity contribution in [1.82, 2.24) is 25.1 Å². The Hall–Kier alpha value is -1.75. The van der Waals surface area contributed by atoms with Crippen LogP contribution in [-0.2, 0) is 13.5 Å². The average molecular weight is 285 g/mol. The Labute approximate surface area is 125 Å². The maximum atomic E-state index is 4.66. The van der Waals surface area contributed by atoms with Crippen molar-refractivity contribution in [2.75, 3.05) is 6.54 Å². The van der Waals surface area contributed by atoms with Gasteiger partial charge in [-0.05, 0) is 51.6 Å². The van der Waals surface area contributed by atoms with Crippen LogP contribution < -0.4 is 5.32 Å². The highest BCUT2D eigenvalue weighted by atomic mass is 15.2. The fraction of sp³-hybridized carbons (Fsp3) is 0.562. The van der Waals surface area contributed by atoms with E-state index in [1.54, 1.807) is 4.68 Å². The van der Waals surface area contributed by atoms with E-state index >= 15 is 0 Å². The Balaban J connectivity index is 1.69. The number of hydrogen-bond acceptors (Lipinski definition) is 4. The van der Waals surface area contributed by atoms with Crippen molar-refractivity contribution in [3.8, 4) is 11.4 Å². The minimum atomic E-state index is 0.776. The second-order valence-electron chi connectivity index (χ2n) is 5.93. The van der Waals surface area contributed by atoms with Crippen molar-refractivity contribution in [3.05, 3.63) is 29.3 Å². The third-order valence-electron chi connectivity index (χ3n) is 4.00. The van der Waals surface area contributed by atoms with E-state index in [1.165, 1.54) is 18.4 Å². The lowest BCUT2D eigenvalue weighted by molar-refractivity contribution is 0.642. The molecule has 112 valence electrons. The van der Waals surface area contributed by atoms with Gasteiger partial charge in [-0.25, -0.2) is 9.97 Å². The number of nitrogens with zero attached hydrogens (tertiary/aromatic N) is 4. The topological polar surface area (TPSA) is 55.6 Å². The molecule has 2 heterocycles. The van der Waals surface area contributed by atoms with Gasteiger partial charge in [0.1, 0.15) is 0 Å². The van der Waals surface area contributed by atoms with Gasteiger partial charge in [0, 0.05) is 30.7 Å². The first-order chi connectivity index (χ1) is 10.1. The molecule has 1 N–H and O–H groups in total. The standard InChI is InChI=1S/C16H23N5/c1-11-15(5-4-8-17-14-6-7-14)12(2)20-16(19-11)13-9-18-21(3)10-13/h9-10,14,17H,4-8H2,1-3H3. The quantitative estimate of drug-likeness (QED) is 0.827. The zero-order valence-electron chi connectivity index (χ0n) is 13.1. The molecule has 0 aromatic carbocycles. The number of rotatable bonds is 6. The number of hydrogen-bond donors (Lipinski definition) is 1. The van der Waals surface area contributed by atoms with Crippen molar-refractivity contribution >= 4 is 0 Å². The first-order valence-electron chi connectivity index (χ1n) is 7.70. The zero-order chi connectivity index (χ0) is 14.8. The maximum Gasteiger partial charge on any atom is 0.162 e. The molecule has 1 aliphatic rings. The van der Waals surface area contributed by atoms with Crippen LogP contribution >= 0.6 is 0 Å². The molecule has 3 rings (SSSR count). The summed E-state index contributed by atoms with van der Waals surface area (Å²) in [6.07, 6.45) is 8.65. The van der Waals surface area contributed by atoms with E-state index in [0.29, 0.717) is 0 Å². The molecule has 1 fully saturated rings. The SMILES string of the molecule is Cc1nc(-c2cnn(C)c2)nc(C)c1CCCNC1CC1. The molecule has 0 amide bonds. The van der Waals surface area contributed by atoms with Crippen LogP contribution in [0.3, 0.4) is 0 Å². The minimum absolute atomic E-state index is 0.776.